The summed E-state index contributed by atoms with van der Waals surface area (Å²) in [5.74, 6) is 1.60. The number of benzene rings is 1. The van der Waals surface area contributed by atoms with Gasteiger partial charge in [0.1, 0.15) is 6.33 Å². The van der Waals surface area contributed by atoms with Crippen molar-refractivity contribution in [1.29, 1.82) is 0 Å². The maximum atomic E-state index is 4.46. The van der Waals surface area contributed by atoms with Gasteiger partial charge in [-0.1, -0.05) is 0 Å². The number of hydrogen-bond donors (Lipinski definition) is 1. The number of aromatic nitrogens is 3. The molecule has 0 unspecified atom stereocenters. The molecule has 1 aromatic heterocycles. The van der Waals surface area contributed by atoms with E-state index in [0.717, 1.165) is 16.4 Å². The largest absolute Gasteiger partial charge is 0.388 e. The fraction of sp³-hybridized carbons (Fsp3) is 0.333. The Bertz CT molecular complexity index is 501. The van der Waals surface area contributed by atoms with Gasteiger partial charge in [-0.15, -0.1) is 5.10 Å². The molecule has 1 aromatic carbocycles. The SMILES string of the molecule is CNc1ccc(Sn2cnc(C3CC3)n2)cc1. The zero-order valence-corrected chi connectivity index (χ0v) is 10.4. The smallest absolute Gasteiger partial charge is 0.154 e. The Morgan fingerprint density at radius 1 is 1.29 bits per heavy atom. The van der Waals surface area contributed by atoms with Crippen molar-refractivity contribution in [2.75, 3.05) is 12.4 Å². The van der Waals surface area contributed by atoms with Gasteiger partial charge in [-0.2, -0.15) is 4.09 Å². The van der Waals surface area contributed by atoms with Crippen molar-refractivity contribution in [3.8, 4) is 0 Å². The molecule has 0 amide bonds. The van der Waals surface area contributed by atoms with Crippen molar-refractivity contribution >= 4 is 17.6 Å². The zero-order chi connectivity index (χ0) is 11.7. The van der Waals surface area contributed by atoms with Gasteiger partial charge in [-0.25, -0.2) is 4.98 Å². The average Bonchev–Trinajstić information content (AvgIpc) is 3.12. The summed E-state index contributed by atoms with van der Waals surface area (Å²) < 4.78 is 1.84. The molecular formula is C12H14N4S. The molecule has 88 valence electrons. The highest BCUT2D eigenvalue weighted by Gasteiger charge is 2.27. The molecule has 5 heteroatoms. The van der Waals surface area contributed by atoms with E-state index in [1.807, 2.05) is 11.1 Å². The van der Waals surface area contributed by atoms with E-state index < -0.39 is 0 Å². The van der Waals surface area contributed by atoms with E-state index in [4.69, 9.17) is 0 Å². The van der Waals surface area contributed by atoms with Crippen LogP contribution < -0.4 is 5.32 Å². The molecule has 1 fully saturated rings. The predicted molar refractivity (Wildman–Crippen MR) is 69.2 cm³/mol. The zero-order valence-electron chi connectivity index (χ0n) is 9.63. The summed E-state index contributed by atoms with van der Waals surface area (Å²) in [5.41, 5.74) is 1.12. The fourth-order valence-electron chi connectivity index (χ4n) is 1.62. The van der Waals surface area contributed by atoms with Crippen LogP contribution in [-0.2, 0) is 0 Å². The van der Waals surface area contributed by atoms with Crippen LogP contribution in [0.4, 0.5) is 5.69 Å². The Morgan fingerprint density at radius 2 is 2.06 bits per heavy atom. The molecule has 3 rings (SSSR count). The molecule has 0 atom stereocenters. The minimum Gasteiger partial charge on any atom is -0.388 e. The normalized spacial score (nSPS) is 14.9. The minimum absolute atomic E-state index is 0.614. The highest BCUT2D eigenvalue weighted by atomic mass is 32.2. The van der Waals surface area contributed by atoms with Crippen molar-refractivity contribution < 1.29 is 0 Å². The summed E-state index contributed by atoms with van der Waals surface area (Å²) in [5, 5.41) is 7.56. The van der Waals surface area contributed by atoms with Gasteiger partial charge in [0.15, 0.2) is 5.82 Å². The molecule has 1 heterocycles. The second kappa shape index (κ2) is 4.41. The van der Waals surface area contributed by atoms with Crippen LogP contribution in [0.5, 0.6) is 0 Å². The van der Waals surface area contributed by atoms with Crippen molar-refractivity contribution in [3.05, 3.63) is 36.4 Å². The van der Waals surface area contributed by atoms with Crippen LogP contribution in [0.1, 0.15) is 24.6 Å². The van der Waals surface area contributed by atoms with Crippen LogP contribution in [0.2, 0.25) is 0 Å². The summed E-state index contributed by atoms with van der Waals surface area (Å²) in [4.78, 5) is 5.49. The first-order chi connectivity index (χ1) is 8.35. The maximum absolute atomic E-state index is 4.46. The Labute approximate surface area is 105 Å². The van der Waals surface area contributed by atoms with Gasteiger partial charge < -0.3 is 5.32 Å². The van der Waals surface area contributed by atoms with Gasteiger partial charge in [0.2, 0.25) is 0 Å². The highest BCUT2D eigenvalue weighted by Crippen LogP contribution is 2.38. The quantitative estimate of drug-likeness (QED) is 0.900. The lowest BCUT2D eigenvalue weighted by molar-refractivity contribution is 0.907. The molecule has 2 aromatic rings. The lowest BCUT2D eigenvalue weighted by Gasteiger charge is -2.02. The Balaban J connectivity index is 1.71. The van der Waals surface area contributed by atoms with Crippen molar-refractivity contribution in [2.45, 2.75) is 23.7 Å². The monoisotopic (exact) mass is 246 g/mol. The number of hydrogen-bond acceptors (Lipinski definition) is 4. The first-order valence-electron chi connectivity index (χ1n) is 5.73. The van der Waals surface area contributed by atoms with Crippen molar-refractivity contribution in [1.82, 2.24) is 14.2 Å². The highest BCUT2D eigenvalue weighted by molar-refractivity contribution is 7.97. The number of nitrogens with zero attached hydrogens (tertiary/aromatic N) is 3. The molecule has 0 radical (unpaired) electrons. The van der Waals surface area contributed by atoms with Crippen LogP contribution in [0, 0.1) is 0 Å². The standard InChI is InChI=1S/C12H14N4S/c1-13-10-4-6-11(7-5-10)17-16-8-14-12(15-16)9-2-3-9/h4-9,13H,2-3H2,1H3. The van der Waals surface area contributed by atoms with E-state index >= 15 is 0 Å². The molecule has 17 heavy (non-hydrogen) atoms. The molecule has 0 spiro atoms. The summed E-state index contributed by atoms with van der Waals surface area (Å²) >= 11 is 1.59. The summed E-state index contributed by atoms with van der Waals surface area (Å²) in [6.45, 7) is 0. The molecular weight excluding hydrogens is 232 g/mol. The summed E-state index contributed by atoms with van der Waals surface area (Å²) in [6.07, 6.45) is 4.28. The average molecular weight is 246 g/mol. The van der Waals surface area contributed by atoms with E-state index in [9.17, 15) is 0 Å². The number of rotatable bonds is 4. The van der Waals surface area contributed by atoms with Gasteiger partial charge >= 0.3 is 0 Å². The summed E-state index contributed by atoms with van der Waals surface area (Å²) in [6, 6.07) is 8.27. The third-order valence-corrected chi connectivity index (χ3v) is 3.62. The topological polar surface area (TPSA) is 42.7 Å². The van der Waals surface area contributed by atoms with Crippen molar-refractivity contribution in [2.24, 2.45) is 0 Å². The van der Waals surface area contributed by atoms with Crippen LogP contribution >= 0.6 is 11.9 Å². The Kier molecular flexibility index (Phi) is 2.76. The van der Waals surface area contributed by atoms with Gasteiger partial charge in [-0.3, -0.25) is 0 Å². The minimum atomic E-state index is 0.614. The molecule has 1 aliphatic rings. The van der Waals surface area contributed by atoms with E-state index in [1.54, 1.807) is 18.3 Å². The van der Waals surface area contributed by atoms with E-state index in [1.165, 1.54) is 12.8 Å². The Morgan fingerprint density at radius 3 is 2.71 bits per heavy atom. The van der Waals surface area contributed by atoms with Gasteiger partial charge in [0, 0.05) is 35.5 Å². The molecule has 4 nitrogen and oxygen atoms in total. The number of anilines is 1. The van der Waals surface area contributed by atoms with Crippen LogP contribution in [0.25, 0.3) is 0 Å². The second-order valence-corrected chi connectivity index (χ2v) is 5.17. The van der Waals surface area contributed by atoms with E-state index in [0.29, 0.717) is 5.92 Å². The summed E-state index contributed by atoms with van der Waals surface area (Å²) in [7, 11) is 1.92. The molecule has 1 aliphatic carbocycles. The van der Waals surface area contributed by atoms with E-state index in [2.05, 4.69) is 39.7 Å². The number of nitrogens with one attached hydrogen (secondary N) is 1. The van der Waals surface area contributed by atoms with Crippen molar-refractivity contribution in [3.63, 3.8) is 0 Å². The van der Waals surface area contributed by atoms with Gasteiger partial charge in [0.25, 0.3) is 0 Å². The first kappa shape index (κ1) is 10.7. The molecule has 0 saturated heterocycles. The van der Waals surface area contributed by atoms with Crippen LogP contribution in [0.3, 0.4) is 0 Å². The van der Waals surface area contributed by atoms with Crippen LogP contribution in [0.15, 0.2) is 35.5 Å². The molecule has 1 saturated carbocycles. The molecule has 0 bridgehead atoms. The predicted octanol–water partition coefficient (Wildman–Crippen LogP) is 2.75. The van der Waals surface area contributed by atoms with Gasteiger partial charge in [0.05, 0.1) is 0 Å². The third-order valence-electron chi connectivity index (χ3n) is 2.77. The van der Waals surface area contributed by atoms with Gasteiger partial charge in [-0.05, 0) is 37.1 Å². The van der Waals surface area contributed by atoms with Crippen LogP contribution in [-0.4, -0.2) is 21.2 Å². The third kappa shape index (κ3) is 2.44. The fourth-order valence-corrected chi connectivity index (χ4v) is 2.32. The first-order valence-corrected chi connectivity index (χ1v) is 6.50. The van der Waals surface area contributed by atoms with E-state index in [-0.39, 0.29) is 0 Å². The Hall–Kier alpha value is -1.49. The molecule has 0 aliphatic heterocycles. The molecule has 1 N–H and O–H groups in total. The lowest BCUT2D eigenvalue weighted by atomic mass is 10.3. The second-order valence-electron chi connectivity index (χ2n) is 4.15. The maximum Gasteiger partial charge on any atom is 0.154 e. The lowest BCUT2D eigenvalue weighted by Crippen LogP contribution is -1.90.